The molecule has 0 bridgehead atoms. The first-order chi connectivity index (χ1) is 5.34. The molecule has 1 rings (SSSR count). The second kappa shape index (κ2) is 3.78. The number of amides is 1. The Morgan fingerprint density at radius 2 is 2.64 bits per heavy atom. The molecule has 0 spiro atoms. The predicted octanol–water partition coefficient (Wildman–Crippen LogP) is 0.696. The first-order valence-electron chi connectivity index (χ1n) is 3.40. The molecule has 0 aliphatic heterocycles. The summed E-state index contributed by atoms with van der Waals surface area (Å²) < 4.78 is 0. The Hall–Kier alpha value is -1.29. The Kier molecular flexibility index (Phi) is 2.68. The smallest absolute Gasteiger partial charge is 0.291 e. The molecule has 1 aromatic rings. The molecule has 0 fully saturated rings. The van der Waals surface area contributed by atoms with Crippen LogP contribution in [0.4, 0.5) is 0 Å². The molecule has 0 saturated carbocycles. The lowest BCUT2D eigenvalue weighted by Crippen LogP contribution is -2.23. The number of aromatic amines is 1. The molecule has 1 aromatic heterocycles. The number of carbonyl (C=O) groups excluding carboxylic acids is 1. The standard InChI is InChI=1S/C7H10N2O2/c1-2-11-9-7(10)6-4-3-5-8-6/h3-5,8H,2H2,1H3,(H,9,10). The zero-order valence-electron chi connectivity index (χ0n) is 6.26. The summed E-state index contributed by atoms with van der Waals surface area (Å²) in [4.78, 5) is 18.5. The lowest BCUT2D eigenvalue weighted by molar-refractivity contribution is 0.0360. The van der Waals surface area contributed by atoms with Crippen LogP contribution in [-0.4, -0.2) is 17.5 Å². The van der Waals surface area contributed by atoms with Crippen LogP contribution in [-0.2, 0) is 4.84 Å². The molecule has 0 saturated heterocycles. The minimum atomic E-state index is -0.253. The third-order valence-electron chi connectivity index (χ3n) is 1.15. The van der Waals surface area contributed by atoms with Crippen LogP contribution in [0.5, 0.6) is 0 Å². The molecular weight excluding hydrogens is 144 g/mol. The van der Waals surface area contributed by atoms with E-state index in [4.69, 9.17) is 4.84 Å². The molecule has 60 valence electrons. The van der Waals surface area contributed by atoms with Gasteiger partial charge in [-0.1, -0.05) is 0 Å². The van der Waals surface area contributed by atoms with E-state index in [0.717, 1.165) is 0 Å². The number of hydrogen-bond donors (Lipinski definition) is 2. The number of carbonyl (C=O) groups is 1. The molecule has 2 N–H and O–H groups in total. The van der Waals surface area contributed by atoms with Crippen molar-refractivity contribution in [3.8, 4) is 0 Å². The van der Waals surface area contributed by atoms with Crippen LogP contribution in [0.2, 0.25) is 0 Å². The molecule has 0 aromatic carbocycles. The van der Waals surface area contributed by atoms with E-state index in [1.165, 1.54) is 0 Å². The van der Waals surface area contributed by atoms with Crippen LogP contribution in [0.3, 0.4) is 0 Å². The van der Waals surface area contributed by atoms with Crippen LogP contribution in [0.15, 0.2) is 18.3 Å². The maximum absolute atomic E-state index is 11.0. The van der Waals surface area contributed by atoms with Gasteiger partial charge in [0.2, 0.25) is 0 Å². The normalized spacial score (nSPS) is 9.55. The zero-order chi connectivity index (χ0) is 8.10. The van der Waals surface area contributed by atoms with E-state index in [9.17, 15) is 4.79 Å². The largest absolute Gasteiger partial charge is 0.357 e. The van der Waals surface area contributed by atoms with Crippen LogP contribution in [0.1, 0.15) is 17.4 Å². The zero-order valence-corrected chi connectivity index (χ0v) is 6.26. The van der Waals surface area contributed by atoms with Gasteiger partial charge in [-0.15, -0.1) is 0 Å². The number of nitrogens with one attached hydrogen (secondary N) is 2. The molecule has 0 aliphatic rings. The van der Waals surface area contributed by atoms with Gasteiger partial charge in [0.1, 0.15) is 5.69 Å². The maximum atomic E-state index is 11.0. The number of hydroxylamine groups is 1. The predicted molar refractivity (Wildman–Crippen MR) is 39.9 cm³/mol. The van der Waals surface area contributed by atoms with Crippen molar-refractivity contribution in [2.24, 2.45) is 0 Å². The first-order valence-corrected chi connectivity index (χ1v) is 3.40. The van der Waals surface area contributed by atoms with Gasteiger partial charge >= 0.3 is 0 Å². The Labute approximate surface area is 64.5 Å². The molecule has 1 amide bonds. The minimum absolute atomic E-state index is 0.253. The topological polar surface area (TPSA) is 54.1 Å². The molecule has 0 unspecified atom stereocenters. The van der Waals surface area contributed by atoms with E-state index >= 15 is 0 Å². The summed E-state index contributed by atoms with van der Waals surface area (Å²) in [5.41, 5.74) is 2.76. The van der Waals surface area contributed by atoms with Gasteiger partial charge in [-0.2, -0.15) is 0 Å². The first kappa shape index (κ1) is 7.81. The average molecular weight is 154 g/mol. The number of H-pyrrole nitrogens is 1. The highest BCUT2D eigenvalue weighted by Gasteiger charge is 2.03. The van der Waals surface area contributed by atoms with Crippen molar-refractivity contribution in [2.75, 3.05) is 6.61 Å². The molecule has 0 radical (unpaired) electrons. The molecular formula is C7H10N2O2. The van der Waals surface area contributed by atoms with E-state index < -0.39 is 0 Å². The lowest BCUT2D eigenvalue weighted by Gasteiger charge is -1.99. The van der Waals surface area contributed by atoms with Crippen molar-refractivity contribution >= 4 is 5.91 Å². The van der Waals surface area contributed by atoms with E-state index in [2.05, 4.69) is 10.5 Å². The number of rotatable bonds is 3. The molecule has 4 heteroatoms. The second-order valence-corrected chi connectivity index (χ2v) is 1.95. The van der Waals surface area contributed by atoms with Crippen molar-refractivity contribution < 1.29 is 9.63 Å². The van der Waals surface area contributed by atoms with E-state index in [0.29, 0.717) is 12.3 Å². The molecule has 4 nitrogen and oxygen atoms in total. The number of aromatic nitrogens is 1. The lowest BCUT2D eigenvalue weighted by atomic mass is 10.4. The highest BCUT2D eigenvalue weighted by Crippen LogP contribution is 1.92. The Balaban J connectivity index is 2.43. The summed E-state index contributed by atoms with van der Waals surface area (Å²) in [6.45, 7) is 2.27. The Bertz CT molecular complexity index is 218. The molecule has 0 aliphatic carbocycles. The molecule has 1 heterocycles. The second-order valence-electron chi connectivity index (χ2n) is 1.95. The summed E-state index contributed by atoms with van der Waals surface area (Å²) in [6, 6.07) is 3.43. The van der Waals surface area contributed by atoms with E-state index in [1.54, 1.807) is 25.3 Å². The average Bonchev–Trinajstić information content (AvgIpc) is 2.52. The van der Waals surface area contributed by atoms with Gasteiger partial charge in [0, 0.05) is 6.20 Å². The van der Waals surface area contributed by atoms with Crippen molar-refractivity contribution in [1.29, 1.82) is 0 Å². The van der Waals surface area contributed by atoms with Gasteiger partial charge in [0.25, 0.3) is 5.91 Å². The van der Waals surface area contributed by atoms with Gasteiger partial charge in [-0.25, -0.2) is 5.48 Å². The third kappa shape index (κ3) is 2.09. The maximum Gasteiger partial charge on any atom is 0.291 e. The van der Waals surface area contributed by atoms with E-state index in [1.807, 2.05) is 0 Å². The summed E-state index contributed by atoms with van der Waals surface area (Å²) in [5, 5.41) is 0. The van der Waals surface area contributed by atoms with Crippen LogP contribution < -0.4 is 5.48 Å². The monoisotopic (exact) mass is 154 g/mol. The van der Waals surface area contributed by atoms with Crippen molar-refractivity contribution in [2.45, 2.75) is 6.92 Å². The Morgan fingerprint density at radius 3 is 3.18 bits per heavy atom. The Morgan fingerprint density at radius 1 is 1.82 bits per heavy atom. The quantitative estimate of drug-likeness (QED) is 0.629. The van der Waals surface area contributed by atoms with Gasteiger partial charge in [0.15, 0.2) is 0 Å². The van der Waals surface area contributed by atoms with Gasteiger partial charge in [-0.3, -0.25) is 9.63 Å². The fourth-order valence-electron chi connectivity index (χ4n) is 0.664. The molecule has 0 atom stereocenters. The third-order valence-corrected chi connectivity index (χ3v) is 1.15. The van der Waals surface area contributed by atoms with Crippen LogP contribution >= 0.6 is 0 Å². The van der Waals surface area contributed by atoms with Crippen LogP contribution in [0, 0.1) is 0 Å². The van der Waals surface area contributed by atoms with Gasteiger partial charge in [0.05, 0.1) is 6.61 Å². The summed E-state index contributed by atoms with van der Waals surface area (Å²) >= 11 is 0. The van der Waals surface area contributed by atoms with Crippen molar-refractivity contribution in [3.05, 3.63) is 24.0 Å². The number of hydrogen-bond acceptors (Lipinski definition) is 2. The fraction of sp³-hybridized carbons (Fsp3) is 0.286. The summed E-state index contributed by atoms with van der Waals surface area (Å²) in [7, 11) is 0. The van der Waals surface area contributed by atoms with E-state index in [-0.39, 0.29) is 5.91 Å². The van der Waals surface area contributed by atoms with Crippen LogP contribution in [0.25, 0.3) is 0 Å². The SMILES string of the molecule is CCONC(=O)c1ccc[nH]1. The fourth-order valence-corrected chi connectivity index (χ4v) is 0.664. The highest BCUT2D eigenvalue weighted by molar-refractivity contribution is 5.91. The highest BCUT2D eigenvalue weighted by atomic mass is 16.6. The minimum Gasteiger partial charge on any atom is -0.357 e. The van der Waals surface area contributed by atoms with Crippen molar-refractivity contribution in [3.63, 3.8) is 0 Å². The summed E-state index contributed by atoms with van der Waals surface area (Å²) in [5.74, 6) is -0.253. The molecule has 11 heavy (non-hydrogen) atoms. The van der Waals surface area contributed by atoms with Crippen molar-refractivity contribution in [1.82, 2.24) is 10.5 Å². The van der Waals surface area contributed by atoms with Gasteiger partial charge < -0.3 is 4.98 Å². The van der Waals surface area contributed by atoms with Gasteiger partial charge in [-0.05, 0) is 19.1 Å². The summed E-state index contributed by atoms with van der Waals surface area (Å²) in [6.07, 6.45) is 1.68.